The molecule has 0 amide bonds. The van der Waals surface area contributed by atoms with Crippen LogP contribution in [0.25, 0.3) is 0 Å². The maximum absolute atomic E-state index is 12.6. The van der Waals surface area contributed by atoms with Crippen LogP contribution in [0.1, 0.15) is 0 Å². The van der Waals surface area contributed by atoms with Gasteiger partial charge in [0.15, 0.2) is 0 Å². The first-order valence-electron chi connectivity index (χ1n) is 16.3. The fourth-order valence-electron chi connectivity index (χ4n) is 6.28. The van der Waals surface area contributed by atoms with E-state index in [1.807, 2.05) is 54.6 Å². The van der Waals surface area contributed by atoms with Crippen LogP contribution in [-0.4, -0.2) is 32.0 Å². The zero-order chi connectivity index (χ0) is 37.8. The topological polar surface area (TPSA) is 131 Å². The summed E-state index contributed by atoms with van der Waals surface area (Å²) in [5.74, 6) is 0.644. The third-order valence-corrected chi connectivity index (χ3v) is 19.0. The number of benzene rings is 6. The summed E-state index contributed by atoms with van der Waals surface area (Å²) in [7, 11) is -2.34. The van der Waals surface area contributed by atoms with E-state index in [4.69, 9.17) is 13.5 Å². The Bertz CT molecular complexity index is 1940. The smallest absolute Gasteiger partial charge is 1.00 e. The molecule has 0 saturated heterocycles. The largest absolute Gasteiger partial charge is 1.00 e. The maximum Gasteiger partial charge on any atom is 1.00 e. The SMILES string of the molecule is COC(=O)C=P(c1ccccc1)(c1ccccc1)c1ccccc1.COC(=O)[CH-]P(O[Cl+3]([O-])([O-])[O-])(c1ccccc1)(c1ccccc1)c1ccccc1.[Ag+]. The molecule has 0 aliphatic rings. The second-order valence-electron chi connectivity index (χ2n) is 11.6. The van der Waals surface area contributed by atoms with Crippen LogP contribution in [0, 0.1) is 16.4 Å². The van der Waals surface area contributed by atoms with Gasteiger partial charge in [0.25, 0.3) is 0 Å². The van der Waals surface area contributed by atoms with Gasteiger partial charge < -0.3 is 4.74 Å². The summed E-state index contributed by atoms with van der Waals surface area (Å²) < 4.78 is 51.7. The van der Waals surface area contributed by atoms with Crippen LogP contribution >= 0.6 is 13.7 Å². The second-order valence-corrected chi connectivity index (χ2v) is 20.2. The number of methoxy groups -OCH3 is 2. The molecule has 0 aliphatic carbocycles. The average Bonchev–Trinajstić information content (AvgIpc) is 3.21. The van der Waals surface area contributed by atoms with Crippen molar-refractivity contribution in [1.82, 2.24) is 0 Å². The molecule has 0 N–H and O–H groups in total. The van der Waals surface area contributed by atoms with Gasteiger partial charge in [0.2, 0.25) is 0 Å². The Morgan fingerprint density at radius 1 is 0.537 bits per heavy atom. The minimum Gasteiger partial charge on any atom is 1.00 e. The number of hydrogen-bond acceptors (Lipinski definition) is 8. The quantitative estimate of drug-likeness (QED) is 0.0842. The van der Waals surface area contributed by atoms with Gasteiger partial charge in [-0.1, -0.05) is 91.0 Å². The minimum absolute atomic E-state index is 0. The summed E-state index contributed by atoms with van der Waals surface area (Å²) in [5.41, 5.74) is 0. The van der Waals surface area contributed by atoms with E-state index in [0.717, 1.165) is 22.1 Å². The molecule has 0 heterocycles. The Balaban J connectivity index is 0.000000240. The van der Waals surface area contributed by atoms with Crippen molar-refractivity contribution in [3.63, 3.8) is 0 Å². The number of rotatable bonds is 11. The van der Waals surface area contributed by atoms with Crippen molar-refractivity contribution in [3.8, 4) is 0 Å². The maximum atomic E-state index is 12.6. The third-order valence-electron chi connectivity index (χ3n) is 8.58. The molecule has 0 saturated carbocycles. The predicted octanol–water partition coefficient (Wildman–Crippen LogP) is 2.63. The van der Waals surface area contributed by atoms with Gasteiger partial charge in [-0.2, -0.15) is 0 Å². The number of hydrogen-bond donors (Lipinski definition) is 0. The molecule has 8 nitrogen and oxygen atoms in total. The van der Waals surface area contributed by atoms with Crippen LogP contribution in [0.5, 0.6) is 0 Å². The molecule has 0 atom stereocenters. The van der Waals surface area contributed by atoms with Crippen molar-refractivity contribution in [2.24, 2.45) is 0 Å². The van der Waals surface area contributed by atoms with Crippen LogP contribution in [0.2, 0.25) is 0 Å². The van der Waals surface area contributed by atoms with E-state index in [-0.39, 0.29) is 28.3 Å². The number of esters is 2. The van der Waals surface area contributed by atoms with Crippen LogP contribution in [0.4, 0.5) is 0 Å². The van der Waals surface area contributed by atoms with Gasteiger partial charge in [0.1, 0.15) is 0 Å². The van der Waals surface area contributed by atoms with Crippen molar-refractivity contribution >= 4 is 63.3 Å². The molecular weight excluding hydrogens is 838 g/mol. The first kappa shape index (κ1) is 42.5. The van der Waals surface area contributed by atoms with Crippen molar-refractivity contribution in [2.75, 3.05) is 14.2 Å². The van der Waals surface area contributed by atoms with Crippen molar-refractivity contribution < 1.29 is 69.7 Å². The second kappa shape index (κ2) is 18.9. The summed E-state index contributed by atoms with van der Waals surface area (Å²) in [4.78, 5) is 24.9. The Morgan fingerprint density at radius 3 is 1.09 bits per heavy atom. The van der Waals surface area contributed by atoms with E-state index in [1.165, 1.54) is 14.2 Å². The zero-order valence-electron chi connectivity index (χ0n) is 29.3. The number of carbonyl (C=O) groups excluding carboxylic acids is 2. The fraction of sp³-hybridized carbons (Fsp3) is 0.0476. The molecule has 0 aromatic heterocycles. The number of ether oxygens (including phenoxy) is 2. The van der Waals surface area contributed by atoms with E-state index in [9.17, 15) is 23.6 Å². The van der Waals surface area contributed by atoms with Gasteiger partial charge in [0.05, 0.1) is 7.11 Å². The molecule has 0 spiro atoms. The van der Waals surface area contributed by atoms with Gasteiger partial charge >= 0.3 is 199 Å². The van der Waals surface area contributed by atoms with Gasteiger partial charge in [0, 0.05) is 5.80 Å². The van der Waals surface area contributed by atoms with E-state index < -0.39 is 29.9 Å². The van der Waals surface area contributed by atoms with Crippen LogP contribution < -0.4 is 45.8 Å². The molecule has 12 heteroatoms. The first-order chi connectivity index (χ1) is 25.6. The summed E-state index contributed by atoms with van der Waals surface area (Å²) in [6, 6.07) is 55.8. The summed E-state index contributed by atoms with van der Waals surface area (Å²) >= 11 is 0. The van der Waals surface area contributed by atoms with Crippen LogP contribution in [0.15, 0.2) is 182 Å². The summed E-state index contributed by atoms with van der Waals surface area (Å²) in [6.07, 6.45) is 1.11. The van der Waals surface area contributed by atoms with E-state index in [1.54, 1.807) is 96.8 Å². The average molecular weight is 876 g/mol. The predicted molar refractivity (Wildman–Crippen MR) is 206 cm³/mol. The van der Waals surface area contributed by atoms with Gasteiger partial charge in [-0.15, -0.1) is 0 Å². The van der Waals surface area contributed by atoms with E-state index >= 15 is 0 Å². The molecule has 0 bridgehead atoms. The summed E-state index contributed by atoms with van der Waals surface area (Å²) in [6.45, 7) is -6.95. The third kappa shape index (κ3) is 8.98. The van der Waals surface area contributed by atoms with Crippen LogP contribution in [-0.2, 0) is 45.5 Å². The Labute approximate surface area is 333 Å². The van der Waals surface area contributed by atoms with E-state index in [0.29, 0.717) is 15.9 Å². The van der Waals surface area contributed by atoms with Gasteiger partial charge in [-0.05, 0) is 22.8 Å². The van der Waals surface area contributed by atoms with E-state index in [2.05, 4.69) is 36.4 Å². The number of carbonyl (C=O) groups is 2. The van der Waals surface area contributed by atoms with Crippen molar-refractivity contribution in [3.05, 3.63) is 188 Å². The van der Waals surface area contributed by atoms with Crippen molar-refractivity contribution in [2.45, 2.75) is 0 Å². The van der Waals surface area contributed by atoms with Crippen LogP contribution in [0.3, 0.4) is 0 Å². The first-order valence-corrected chi connectivity index (χ1v) is 21.6. The Hall–Kier alpha value is -4.27. The Morgan fingerprint density at radius 2 is 0.833 bits per heavy atom. The summed E-state index contributed by atoms with van der Waals surface area (Å²) in [5, 5.41) is 4.50. The Kier molecular flexibility index (Phi) is 14.8. The molecule has 0 aliphatic heterocycles. The van der Waals surface area contributed by atoms with Gasteiger partial charge in [-0.3, -0.25) is 0 Å². The zero-order valence-corrected chi connectivity index (χ0v) is 33.3. The fourth-order valence-corrected chi connectivity index (χ4v) is 16.6. The standard InChI is InChI=1S/C21H19ClO6P.C21H19O2P.Ag/c1-27-21(23)17-29(28-22(24,25)26,18-11-5-2-6-12-18,19-13-7-3-8-14-19)20-15-9-4-10-16-20;1-23-21(22)17-24(18-11-5-2-6-12-18,19-13-7-3-8-14-19)20-15-9-4-10-16-20;/h2-17H,1H3;2-17H,1H3;/q-1;;+1. The molecule has 6 aromatic carbocycles. The molecule has 0 radical (unpaired) electrons. The molecule has 54 heavy (non-hydrogen) atoms. The normalized spacial score (nSPS) is 11.9. The molecular formula is C42H38AgClO8P2. The molecule has 6 aromatic rings. The van der Waals surface area contributed by atoms with Gasteiger partial charge in [-0.25, -0.2) is 4.79 Å². The number of halogens is 1. The molecule has 0 fully saturated rings. The molecule has 282 valence electrons. The minimum atomic E-state index is -4.94. The van der Waals surface area contributed by atoms with Crippen molar-refractivity contribution in [1.29, 1.82) is 0 Å². The monoisotopic (exact) mass is 874 g/mol. The molecule has 6 rings (SSSR count). The molecule has 0 unspecified atom stereocenters.